The van der Waals surface area contributed by atoms with Gasteiger partial charge in [-0.25, -0.2) is 0 Å². The SMILES string of the molecule is CNCC1CCCN(C(=O)C(C)(C)c2ccc(OCC(C)C)cc2)C1. The molecule has 1 aromatic carbocycles. The van der Waals surface area contributed by atoms with Gasteiger partial charge in [0.1, 0.15) is 5.75 Å². The highest BCUT2D eigenvalue weighted by molar-refractivity contribution is 5.87. The monoisotopic (exact) mass is 346 g/mol. The molecule has 0 aliphatic carbocycles. The van der Waals surface area contributed by atoms with Gasteiger partial charge in [-0.3, -0.25) is 4.79 Å². The van der Waals surface area contributed by atoms with E-state index >= 15 is 0 Å². The van der Waals surface area contributed by atoms with Crippen LogP contribution in [0.2, 0.25) is 0 Å². The van der Waals surface area contributed by atoms with Crippen LogP contribution in [0.1, 0.15) is 46.1 Å². The largest absolute Gasteiger partial charge is 0.493 e. The number of carbonyl (C=O) groups is 1. The third-order valence-corrected chi connectivity index (χ3v) is 4.99. The van der Waals surface area contributed by atoms with Crippen molar-refractivity contribution in [3.05, 3.63) is 29.8 Å². The molecule has 0 saturated carbocycles. The highest BCUT2D eigenvalue weighted by Gasteiger charge is 2.35. The minimum atomic E-state index is -0.516. The molecular weight excluding hydrogens is 312 g/mol. The quantitative estimate of drug-likeness (QED) is 0.822. The van der Waals surface area contributed by atoms with Gasteiger partial charge in [-0.1, -0.05) is 26.0 Å². The number of benzene rings is 1. The number of hydrogen-bond donors (Lipinski definition) is 1. The van der Waals surface area contributed by atoms with Gasteiger partial charge in [0.05, 0.1) is 12.0 Å². The fourth-order valence-electron chi connectivity index (χ4n) is 3.45. The van der Waals surface area contributed by atoms with Crippen LogP contribution in [-0.2, 0) is 10.2 Å². The van der Waals surface area contributed by atoms with E-state index in [2.05, 4.69) is 24.1 Å². The van der Waals surface area contributed by atoms with E-state index < -0.39 is 5.41 Å². The first-order valence-electron chi connectivity index (χ1n) is 9.52. The fraction of sp³-hybridized carbons (Fsp3) is 0.667. The molecule has 1 unspecified atom stereocenters. The van der Waals surface area contributed by atoms with Crippen molar-refractivity contribution in [2.45, 2.75) is 46.0 Å². The molecule has 25 heavy (non-hydrogen) atoms. The Labute approximate surface area is 152 Å². The lowest BCUT2D eigenvalue weighted by Gasteiger charge is -2.38. The molecule has 2 rings (SSSR count). The maximum Gasteiger partial charge on any atom is 0.232 e. The van der Waals surface area contributed by atoms with Crippen LogP contribution in [0.5, 0.6) is 5.75 Å². The number of nitrogens with one attached hydrogen (secondary N) is 1. The van der Waals surface area contributed by atoms with Crippen molar-refractivity contribution in [1.29, 1.82) is 0 Å². The Bertz CT molecular complexity index is 550. The van der Waals surface area contributed by atoms with Gasteiger partial charge in [0.25, 0.3) is 0 Å². The highest BCUT2D eigenvalue weighted by Crippen LogP contribution is 2.29. The maximum atomic E-state index is 13.1. The molecule has 1 atom stereocenters. The summed E-state index contributed by atoms with van der Waals surface area (Å²) in [5.41, 5.74) is 0.531. The average molecular weight is 347 g/mol. The smallest absolute Gasteiger partial charge is 0.232 e. The van der Waals surface area contributed by atoms with E-state index in [9.17, 15) is 4.79 Å². The Morgan fingerprint density at radius 3 is 2.60 bits per heavy atom. The molecule has 4 nitrogen and oxygen atoms in total. The second kappa shape index (κ2) is 8.70. The standard InChI is InChI=1S/C21H34N2O2/c1-16(2)15-25-19-10-8-18(9-11-19)21(3,4)20(24)23-12-6-7-17(14-23)13-22-5/h8-11,16-17,22H,6-7,12-15H2,1-5H3. The van der Waals surface area contributed by atoms with Gasteiger partial charge in [0.2, 0.25) is 5.91 Å². The Balaban J connectivity index is 2.04. The van der Waals surface area contributed by atoms with Crippen LogP contribution in [0, 0.1) is 11.8 Å². The minimum Gasteiger partial charge on any atom is -0.493 e. The molecule has 1 amide bonds. The molecule has 1 aliphatic heterocycles. The number of rotatable bonds is 7. The molecule has 140 valence electrons. The molecule has 0 aromatic heterocycles. The zero-order valence-electron chi connectivity index (χ0n) is 16.5. The van der Waals surface area contributed by atoms with Crippen LogP contribution >= 0.6 is 0 Å². The number of carbonyl (C=O) groups excluding carboxylic acids is 1. The summed E-state index contributed by atoms with van der Waals surface area (Å²) in [5.74, 6) is 2.16. The van der Waals surface area contributed by atoms with Gasteiger partial charge in [-0.2, -0.15) is 0 Å². The van der Waals surface area contributed by atoms with Gasteiger partial charge in [0, 0.05) is 13.1 Å². The zero-order valence-corrected chi connectivity index (χ0v) is 16.5. The summed E-state index contributed by atoms with van der Waals surface area (Å²) < 4.78 is 5.75. The molecule has 1 aromatic rings. The predicted molar refractivity (Wildman–Crippen MR) is 103 cm³/mol. The van der Waals surface area contributed by atoms with Crippen LogP contribution in [0.4, 0.5) is 0 Å². The fourth-order valence-corrected chi connectivity index (χ4v) is 3.45. The van der Waals surface area contributed by atoms with Crippen molar-refractivity contribution in [1.82, 2.24) is 10.2 Å². The predicted octanol–water partition coefficient (Wildman–Crippen LogP) is 3.46. The van der Waals surface area contributed by atoms with Crippen molar-refractivity contribution in [3.63, 3.8) is 0 Å². The summed E-state index contributed by atoms with van der Waals surface area (Å²) in [4.78, 5) is 15.2. The Kier molecular flexibility index (Phi) is 6.88. The Hall–Kier alpha value is -1.55. The van der Waals surface area contributed by atoms with Crippen molar-refractivity contribution in [2.75, 3.05) is 33.3 Å². The number of piperidine rings is 1. The number of likely N-dealkylation sites (tertiary alicyclic amines) is 1. The summed E-state index contributed by atoms with van der Waals surface area (Å²) in [6.45, 7) is 11.7. The van der Waals surface area contributed by atoms with Crippen molar-refractivity contribution in [2.24, 2.45) is 11.8 Å². The van der Waals surface area contributed by atoms with Crippen molar-refractivity contribution in [3.8, 4) is 5.75 Å². The third-order valence-electron chi connectivity index (χ3n) is 4.99. The normalized spacial score (nSPS) is 18.5. The summed E-state index contributed by atoms with van der Waals surface area (Å²) in [5, 5.41) is 3.24. The first kappa shape index (κ1) is 19.8. The first-order valence-corrected chi connectivity index (χ1v) is 9.52. The summed E-state index contributed by atoms with van der Waals surface area (Å²) in [6.07, 6.45) is 2.29. The van der Waals surface area contributed by atoms with E-state index in [0.717, 1.165) is 37.4 Å². The molecular formula is C21H34N2O2. The van der Waals surface area contributed by atoms with Gasteiger partial charge in [-0.05, 0) is 69.8 Å². The first-order chi connectivity index (χ1) is 11.8. The highest BCUT2D eigenvalue weighted by atomic mass is 16.5. The van der Waals surface area contributed by atoms with Crippen molar-refractivity contribution < 1.29 is 9.53 Å². The van der Waals surface area contributed by atoms with E-state index in [4.69, 9.17) is 4.74 Å². The minimum absolute atomic E-state index is 0.226. The molecule has 1 saturated heterocycles. The van der Waals surface area contributed by atoms with Crippen LogP contribution in [0.15, 0.2) is 24.3 Å². The van der Waals surface area contributed by atoms with E-state index in [1.54, 1.807) is 0 Å². The topological polar surface area (TPSA) is 41.6 Å². The second-order valence-corrected chi connectivity index (χ2v) is 8.17. The van der Waals surface area contributed by atoms with Crippen LogP contribution in [0.3, 0.4) is 0 Å². The second-order valence-electron chi connectivity index (χ2n) is 8.17. The molecule has 1 N–H and O–H groups in total. The van der Waals surface area contributed by atoms with E-state index in [1.807, 2.05) is 45.2 Å². The number of hydrogen-bond acceptors (Lipinski definition) is 3. The number of ether oxygens (including phenoxy) is 1. The summed E-state index contributed by atoms with van der Waals surface area (Å²) in [7, 11) is 1.98. The van der Waals surface area contributed by atoms with Gasteiger partial charge in [0.15, 0.2) is 0 Å². The number of amides is 1. The van der Waals surface area contributed by atoms with Gasteiger partial charge in [-0.15, -0.1) is 0 Å². The van der Waals surface area contributed by atoms with E-state index in [0.29, 0.717) is 18.4 Å². The molecule has 1 fully saturated rings. The van der Waals surface area contributed by atoms with E-state index in [-0.39, 0.29) is 5.91 Å². The molecule has 4 heteroatoms. The van der Waals surface area contributed by atoms with Crippen molar-refractivity contribution >= 4 is 5.91 Å². The third kappa shape index (κ3) is 5.21. The van der Waals surface area contributed by atoms with Crippen LogP contribution in [0.25, 0.3) is 0 Å². The average Bonchev–Trinajstić information content (AvgIpc) is 2.60. The molecule has 1 aliphatic rings. The summed E-state index contributed by atoms with van der Waals surface area (Å²) >= 11 is 0. The molecule has 0 bridgehead atoms. The zero-order chi connectivity index (χ0) is 18.4. The van der Waals surface area contributed by atoms with Crippen LogP contribution < -0.4 is 10.1 Å². The Morgan fingerprint density at radius 2 is 2.00 bits per heavy atom. The van der Waals surface area contributed by atoms with Crippen LogP contribution in [-0.4, -0.2) is 44.1 Å². The molecule has 0 radical (unpaired) electrons. The lowest BCUT2D eigenvalue weighted by molar-refractivity contribution is -0.138. The lowest BCUT2D eigenvalue weighted by Crippen LogP contribution is -2.49. The maximum absolute atomic E-state index is 13.1. The van der Waals surface area contributed by atoms with Gasteiger partial charge < -0.3 is 15.0 Å². The van der Waals surface area contributed by atoms with E-state index in [1.165, 1.54) is 6.42 Å². The Morgan fingerprint density at radius 1 is 1.32 bits per heavy atom. The van der Waals surface area contributed by atoms with Gasteiger partial charge >= 0.3 is 0 Å². The molecule has 0 spiro atoms. The number of nitrogens with zero attached hydrogens (tertiary/aromatic N) is 1. The lowest BCUT2D eigenvalue weighted by atomic mass is 9.82. The summed E-state index contributed by atoms with van der Waals surface area (Å²) in [6, 6.07) is 8.02. The molecule has 1 heterocycles.